The van der Waals surface area contributed by atoms with Gasteiger partial charge in [0.15, 0.2) is 9.84 Å². The SMILES string of the molecule is Cc1nn(CC(F)(F)F)c(C)c1CC(=O)Nc1ccccc1S(C)(=O)=O. The lowest BCUT2D eigenvalue weighted by atomic mass is 10.1. The fourth-order valence-corrected chi connectivity index (χ4v) is 3.41. The highest BCUT2D eigenvalue weighted by atomic mass is 32.2. The number of sulfone groups is 1. The highest BCUT2D eigenvalue weighted by Gasteiger charge is 2.30. The van der Waals surface area contributed by atoms with Crippen LogP contribution in [0, 0.1) is 13.8 Å². The maximum atomic E-state index is 12.6. The number of nitrogens with one attached hydrogen (secondary N) is 1. The van der Waals surface area contributed by atoms with Crippen LogP contribution in [0.5, 0.6) is 0 Å². The lowest BCUT2D eigenvalue weighted by molar-refractivity contribution is -0.143. The monoisotopic (exact) mass is 389 g/mol. The first-order chi connectivity index (χ1) is 11.9. The number of para-hydroxylation sites is 1. The number of hydrogen-bond donors (Lipinski definition) is 1. The number of amides is 1. The molecule has 0 saturated heterocycles. The van der Waals surface area contributed by atoms with Crippen molar-refractivity contribution in [2.24, 2.45) is 0 Å². The third kappa shape index (κ3) is 4.84. The normalized spacial score (nSPS) is 12.2. The van der Waals surface area contributed by atoms with Gasteiger partial charge in [-0.25, -0.2) is 8.42 Å². The zero-order valence-electron chi connectivity index (χ0n) is 14.4. The minimum absolute atomic E-state index is 0.0328. The van der Waals surface area contributed by atoms with Crippen LogP contribution in [-0.2, 0) is 27.6 Å². The molecule has 6 nitrogen and oxygen atoms in total. The van der Waals surface area contributed by atoms with E-state index in [0.717, 1.165) is 10.9 Å². The standard InChI is InChI=1S/C16H18F3N3O3S/c1-10-12(11(2)22(21-10)9-16(17,18)19)8-15(23)20-13-6-4-5-7-14(13)26(3,24)25/h4-7H,8-9H2,1-3H3,(H,20,23). The van der Waals surface area contributed by atoms with Crippen LogP contribution in [0.25, 0.3) is 0 Å². The van der Waals surface area contributed by atoms with E-state index >= 15 is 0 Å². The highest BCUT2D eigenvalue weighted by molar-refractivity contribution is 7.90. The molecule has 0 aliphatic rings. The van der Waals surface area contributed by atoms with E-state index in [4.69, 9.17) is 0 Å². The number of hydrogen-bond acceptors (Lipinski definition) is 4. The summed E-state index contributed by atoms with van der Waals surface area (Å²) in [5.41, 5.74) is 1.06. The number of anilines is 1. The molecule has 0 atom stereocenters. The van der Waals surface area contributed by atoms with E-state index in [1.807, 2.05) is 0 Å². The first-order valence-electron chi connectivity index (χ1n) is 7.57. The van der Waals surface area contributed by atoms with Crippen molar-refractivity contribution in [3.8, 4) is 0 Å². The molecule has 1 N–H and O–H groups in total. The first-order valence-corrected chi connectivity index (χ1v) is 9.46. The van der Waals surface area contributed by atoms with E-state index in [-0.39, 0.29) is 22.7 Å². The van der Waals surface area contributed by atoms with Crippen LogP contribution >= 0.6 is 0 Å². The van der Waals surface area contributed by atoms with E-state index in [1.165, 1.54) is 32.0 Å². The molecule has 0 bridgehead atoms. The second kappa shape index (κ2) is 7.10. The number of benzene rings is 1. The predicted octanol–water partition coefficient (Wildman–Crippen LogP) is 2.65. The predicted molar refractivity (Wildman–Crippen MR) is 89.6 cm³/mol. The summed E-state index contributed by atoms with van der Waals surface area (Å²) in [7, 11) is -3.54. The van der Waals surface area contributed by atoms with Crippen LogP contribution in [0.1, 0.15) is 17.0 Å². The van der Waals surface area contributed by atoms with Crippen molar-refractivity contribution in [3.05, 3.63) is 41.2 Å². The van der Waals surface area contributed by atoms with Crippen LogP contribution < -0.4 is 5.32 Å². The maximum Gasteiger partial charge on any atom is 0.408 e. The molecular weight excluding hydrogens is 371 g/mol. The van der Waals surface area contributed by atoms with Gasteiger partial charge >= 0.3 is 6.18 Å². The Hall–Kier alpha value is -2.36. The Morgan fingerprint density at radius 3 is 2.42 bits per heavy atom. The van der Waals surface area contributed by atoms with Gasteiger partial charge in [0.1, 0.15) is 6.54 Å². The highest BCUT2D eigenvalue weighted by Crippen LogP contribution is 2.23. The number of halogens is 3. The van der Waals surface area contributed by atoms with E-state index in [0.29, 0.717) is 11.3 Å². The molecule has 1 aromatic carbocycles. The fourth-order valence-electron chi connectivity index (χ4n) is 2.56. The van der Waals surface area contributed by atoms with Gasteiger partial charge in [0.05, 0.1) is 22.7 Å². The van der Waals surface area contributed by atoms with Gasteiger partial charge in [-0.15, -0.1) is 0 Å². The largest absolute Gasteiger partial charge is 0.408 e. The zero-order valence-corrected chi connectivity index (χ0v) is 15.2. The van der Waals surface area contributed by atoms with Crippen molar-refractivity contribution >= 4 is 21.4 Å². The van der Waals surface area contributed by atoms with Crippen LogP contribution in [0.2, 0.25) is 0 Å². The first kappa shape index (κ1) is 20.0. The number of aryl methyl sites for hydroxylation is 1. The van der Waals surface area contributed by atoms with Gasteiger partial charge in [-0.2, -0.15) is 18.3 Å². The second-order valence-electron chi connectivity index (χ2n) is 5.92. The van der Waals surface area contributed by atoms with Gasteiger partial charge in [0, 0.05) is 17.5 Å². The molecule has 0 radical (unpaired) electrons. The van der Waals surface area contributed by atoms with Crippen molar-refractivity contribution in [3.63, 3.8) is 0 Å². The van der Waals surface area contributed by atoms with E-state index in [1.54, 1.807) is 6.07 Å². The molecule has 0 aliphatic carbocycles. The Bertz CT molecular complexity index is 934. The quantitative estimate of drug-likeness (QED) is 0.853. The number of nitrogens with zero attached hydrogens (tertiary/aromatic N) is 2. The Balaban J connectivity index is 2.22. The molecule has 1 aromatic heterocycles. The Labute approximate surface area is 148 Å². The lowest BCUT2D eigenvalue weighted by Gasteiger charge is -2.10. The van der Waals surface area contributed by atoms with Crippen molar-refractivity contribution < 1.29 is 26.4 Å². The van der Waals surface area contributed by atoms with Gasteiger partial charge in [-0.05, 0) is 26.0 Å². The summed E-state index contributed by atoms with van der Waals surface area (Å²) in [5.74, 6) is -0.543. The molecule has 0 spiro atoms. The summed E-state index contributed by atoms with van der Waals surface area (Å²) < 4.78 is 62.1. The molecule has 2 aromatic rings. The number of alkyl halides is 3. The smallest absolute Gasteiger partial charge is 0.325 e. The van der Waals surface area contributed by atoms with Crippen molar-refractivity contribution in [1.29, 1.82) is 0 Å². The van der Waals surface area contributed by atoms with Crippen LogP contribution in [0.3, 0.4) is 0 Å². The molecule has 10 heteroatoms. The summed E-state index contributed by atoms with van der Waals surface area (Å²) >= 11 is 0. The molecule has 142 valence electrons. The summed E-state index contributed by atoms with van der Waals surface area (Å²) in [4.78, 5) is 12.3. The minimum Gasteiger partial charge on any atom is -0.325 e. The lowest BCUT2D eigenvalue weighted by Crippen LogP contribution is -2.20. The van der Waals surface area contributed by atoms with Gasteiger partial charge in [-0.1, -0.05) is 12.1 Å². The maximum absolute atomic E-state index is 12.6. The Kier molecular flexibility index (Phi) is 5.45. The van der Waals surface area contributed by atoms with Gasteiger partial charge in [0.2, 0.25) is 5.91 Å². The van der Waals surface area contributed by atoms with Gasteiger partial charge < -0.3 is 5.32 Å². The second-order valence-corrected chi connectivity index (χ2v) is 7.90. The number of carbonyl (C=O) groups is 1. The van der Waals surface area contributed by atoms with E-state index in [9.17, 15) is 26.4 Å². The number of rotatable bonds is 5. The topological polar surface area (TPSA) is 81.1 Å². The summed E-state index contributed by atoms with van der Waals surface area (Å²) in [6.07, 6.45) is -3.61. The average Bonchev–Trinajstić information content (AvgIpc) is 2.72. The van der Waals surface area contributed by atoms with Crippen LogP contribution in [-0.4, -0.2) is 36.5 Å². The van der Waals surface area contributed by atoms with Crippen LogP contribution in [0.15, 0.2) is 29.2 Å². The molecule has 26 heavy (non-hydrogen) atoms. The third-order valence-corrected chi connectivity index (χ3v) is 4.91. The Morgan fingerprint density at radius 1 is 1.23 bits per heavy atom. The van der Waals surface area contributed by atoms with Crippen molar-refractivity contribution in [1.82, 2.24) is 9.78 Å². The number of aromatic nitrogens is 2. The molecule has 0 aliphatic heterocycles. The van der Waals surface area contributed by atoms with Crippen molar-refractivity contribution in [2.75, 3.05) is 11.6 Å². The fraction of sp³-hybridized carbons (Fsp3) is 0.375. The number of carbonyl (C=O) groups excluding carboxylic acids is 1. The summed E-state index contributed by atoms with van der Waals surface area (Å²) in [6.45, 7) is 1.74. The minimum atomic E-state index is -4.42. The molecule has 0 saturated carbocycles. The average molecular weight is 389 g/mol. The Morgan fingerprint density at radius 2 is 1.85 bits per heavy atom. The molecule has 1 heterocycles. The molecule has 2 rings (SSSR count). The molecule has 1 amide bonds. The van der Waals surface area contributed by atoms with E-state index < -0.39 is 28.5 Å². The van der Waals surface area contributed by atoms with Gasteiger partial charge in [-0.3, -0.25) is 9.48 Å². The molecular formula is C16H18F3N3O3S. The van der Waals surface area contributed by atoms with Gasteiger partial charge in [0.25, 0.3) is 0 Å². The van der Waals surface area contributed by atoms with E-state index in [2.05, 4.69) is 10.4 Å². The summed E-state index contributed by atoms with van der Waals surface area (Å²) in [6, 6.07) is 5.91. The zero-order chi connectivity index (χ0) is 19.7. The van der Waals surface area contributed by atoms with Crippen LogP contribution in [0.4, 0.5) is 18.9 Å². The molecule has 0 unspecified atom stereocenters. The van der Waals surface area contributed by atoms with Crippen molar-refractivity contribution in [2.45, 2.75) is 37.9 Å². The molecule has 0 fully saturated rings. The summed E-state index contributed by atoms with van der Waals surface area (Å²) in [5, 5.41) is 6.33. The third-order valence-electron chi connectivity index (χ3n) is 3.76.